The molecule has 1 aromatic heterocycles. The van der Waals surface area contributed by atoms with E-state index in [1.54, 1.807) is 0 Å². The van der Waals surface area contributed by atoms with Crippen LogP contribution in [0.25, 0.3) is 10.9 Å². The minimum atomic E-state index is 0.738. The normalized spacial score (nSPS) is 11.0. The van der Waals surface area contributed by atoms with E-state index in [-0.39, 0.29) is 0 Å². The zero-order valence-electron chi connectivity index (χ0n) is 7.29. The van der Waals surface area contributed by atoms with Gasteiger partial charge in [0.2, 0.25) is 0 Å². The van der Waals surface area contributed by atoms with Crippen LogP contribution in [-0.2, 0) is 12.8 Å². The molecule has 0 radical (unpaired) electrons. The molecule has 13 heavy (non-hydrogen) atoms. The van der Waals surface area contributed by atoms with Gasteiger partial charge in [-0.3, -0.25) is 0 Å². The largest absolute Gasteiger partial charge is 0.346 e. The van der Waals surface area contributed by atoms with Crippen molar-refractivity contribution in [1.29, 1.82) is 0 Å². The number of hydrogen-bond acceptors (Lipinski definition) is 1. The van der Waals surface area contributed by atoms with E-state index < -0.39 is 0 Å². The number of hydrogen-bond donors (Lipinski definition) is 1. The number of fused-ring (bicyclic) bond motifs is 1. The van der Waals surface area contributed by atoms with E-state index in [1.807, 2.05) is 19.2 Å². The van der Waals surface area contributed by atoms with Crippen LogP contribution in [0.1, 0.15) is 5.69 Å². The molecule has 2 rings (SSSR count). The minimum absolute atomic E-state index is 0.738. The second-order valence-corrected chi connectivity index (χ2v) is 3.75. The van der Waals surface area contributed by atoms with E-state index in [0.717, 1.165) is 16.3 Å². The molecule has 0 amide bonds. The zero-order valence-corrected chi connectivity index (χ0v) is 8.94. The molecule has 0 unspecified atom stereocenters. The number of benzene rings is 1. The second kappa shape index (κ2) is 3.28. The molecular formula is C10H10ClNS. The lowest BCUT2D eigenvalue weighted by Gasteiger charge is -2.01. The van der Waals surface area contributed by atoms with Gasteiger partial charge < -0.3 is 4.57 Å². The number of para-hydroxylation sites is 1. The van der Waals surface area contributed by atoms with E-state index in [9.17, 15) is 0 Å². The Morgan fingerprint density at radius 3 is 2.85 bits per heavy atom. The molecule has 3 heteroatoms. The standard InChI is InChI=1S/C10H10ClNS/c1-12-8(6-13)5-7-3-2-4-9(11)10(7)12/h2-5,13H,6H2,1H3. The van der Waals surface area contributed by atoms with Crippen molar-refractivity contribution in [3.8, 4) is 0 Å². The van der Waals surface area contributed by atoms with Crippen molar-refractivity contribution in [2.75, 3.05) is 0 Å². The third-order valence-corrected chi connectivity index (χ3v) is 2.90. The summed E-state index contributed by atoms with van der Waals surface area (Å²) in [5.41, 5.74) is 2.28. The fraction of sp³-hybridized carbons (Fsp3) is 0.200. The van der Waals surface area contributed by atoms with Gasteiger partial charge >= 0.3 is 0 Å². The Kier molecular flexibility index (Phi) is 2.26. The predicted molar refractivity (Wildman–Crippen MR) is 60.6 cm³/mol. The van der Waals surface area contributed by atoms with E-state index in [0.29, 0.717) is 0 Å². The Hall–Kier alpha value is -0.600. The molecular weight excluding hydrogens is 202 g/mol. The maximum absolute atomic E-state index is 6.09. The molecule has 1 nitrogen and oxygen atoms in total. The van der Waals surface area contributed by atoms with Gasteiger partial charge in [0.05, 0.1) is 10.5 Å². The number of aromatic nitrogens is 1. The number of thiol groups is 1. The quantitative estimate of drug-likeness (QED) is 0.691. The van der Waals surface area contributed by atoms with Gasteiger partial charge in [-0.1, -0.05) is 23.7 Å². The lowest BCUT2D eigenvalue weighted by Crippen LogP contribution is -1.92. The Morgan fingerprint density at radius 1 is 1.46 bits per heavy atom. The molecule has 0 bridgehead atoms. The van der Waals surface area contributed by atoms with Gasteiger partial charge in [0, 0.05) is 23.9 Å². The summed E-state index contributed by atoms with van der Waals surface area (Å²) in [5, 5.41) is 1.98. The maximum atomic E-state index is 6.09. The summed E-state index contributed by atoms with van der Waals surface area (Å²) in [6.07, 6.45) is 0. The third-order valence-electron chi connectivity index (χ3n) is 2.27. The van der Waals surface area contributed by atoms with E-state index in [1.165, 1.54) is 11.1 Å². The average Bonchev–Trinajstić information content (AvgIpc) is 2.44. The van der Waals surface area contributed by atoms with Crippen molar-refractivity contribution >= 4 is 35.1 Å². The number of aryl methyl sites for hydroxylation is 1. The van der Waals surface area contributed by atoms with Gasteiger partial charge in [0.1, 0.15) is 0 Å². The molecule has 0 fully saturated rings. The van der Waals surface area contributed by atoms with Gasteiger partial charge in [0.25, 0.3) is 0 Å². The minimum Gasteiger partial charge on any atom is -0.346 e. The highest BCUT2D eigenvalue weighted by Crippen LogP contribution is 2.26. The van der Waals surface area contributed by atoms with Crippen LogP contribution < -0.4 is 0 Å². The van der Waals surface area contributed by atoms with Crippen molar-refractivity contribution in [2.45, 2.75) is 5.75 Å². The molecule has 0 saturated heterocycles. The molecule has 0 saturated carbocycles. The molecule has 0 aliphatic heterocycles. The summed E-state index contributed by atoms with van der Waals surface area (Å²) in [6.45, 7) is 0. The van der Waals surface area contributed by atoms with Crippen LogP contribution in [-0.4, -0.2) is 4.57 Å². The van der Waals surface area contributed by atoms with Gasteiger partial charge in [-0.25, -0.2) is 0 Å². The fourth-order valence-corrected chi connectivity index (χ4v) is 2.19. The SMILES string of the molecule is Cn1c(CS)cc2cccc(Cl)c21. The number of rotatable bonds is 1. The monoisotopic (exact) mass is 211 g/mol. The Labute approximate surface area is 87.7 Å². The summed E-state index contributed by atoms with van der Waals surface area (Å²) < 4.78 is 2.09. The molecule has 1 heterocycles. The third kappa shape index (κ3) is 1.34. The lowest BCUT2D eigenvalue weighted by molar-refractivity contribution is 0.911. The van der Waals surface area contributed by atoms with Crippen LogP contribution in [0.3, 0.4) is 0 Å². The van der Waals surface area contributed by atoms with Crippen LogP contribution in [0.5, 0.6) is 0 Å². The highest BCUT2D eigenvalue weighted by molar-refractivity contribution is 7.79. The fourth-order valence-electron chi connectivity index (χ4n) is 1.57. The Bertz CT molecular complexity index is 447. The van der Waals surface area contributed by atoms with Crippen LogP contribution in [0.2, 0.25) is 5.02 Å². The molecule has 2 aromatic rings. The molecule has 1 aromatic carbocycles. The highest BCUT2D eigenvalue weighted by atomic mass is 35.5. The van der Waals surface area contributed by atoms with Gasteiger partial charge in [-0.15, -0.1) is 0 Å². The molecule has 0 spiro atoms. The summed E-state index contributed by atoms with van der Waals surface area (Å²) in [4.78, 5) is 0. The molecule has 0 aliphatic rings. The van der Waals surface area contributed by atoms with Crippen LogP contribution >= 0.6 is 24.2 Å². The van der Waals surface area contributed by atoms with Crippen LogP contribution in [0.4, 0.5) is 0 Å². The first kappa shape index (κ1) is 8.97. The number of nitrogens with zero attached hydrogens (tertiary/aromatic N) is 1. The summed E-state index contributed by atoms with van der Waals surface area (Å²) >= 11 is 10.3. The average molecular weight is 212 g/mol. The molecule has 0 N–H and O–H groups in total. The van der Waals surface area contributed by atoms with E-state index in [4.69, 9.17) is 11.6 Å². The molecule has 68 valence electrons. The van der Waals surface area contributed by atoms with Crippen molar-refractivity contribution in [1.82, 2.24) is 4.57 Å². The highest BCUT2D eigenvalue weighted by Gasteiger charge is 2.06. The van der Waals surface area contributed by atoms with Crippen LogP contribution in [0.15, 0.2) is 24.3 Å². The maximum Gasteiger partial charge on any atom is 0.0669 e. The number of halogens is 1. The van der Waals surface area contributed by atoms with Gasteiger partial charge in [-0.2, -0.15) is 12.6 Å². The lowest BCUT2D eigenvalue weighted by atomic mass is 10.2. The van der Waals surface area contributed by atoms with Crippen molar-refractivity contribution in [3.05, 3.63) is 35.0 Å². The first-order valence-corrected chi connectivity index (χ1v) is 5.08. The van der Waals surface area contributed by atoms with Crippen molar-refractivity contribution in [3.63, 3.8) is 0 Å². The van der Waals surface area contributed by atoms with Crippen molar-refractivity contribution < 1.29 is 0 Å². The first-order valence-electron chi connectivity index (χ1n) is 4.07. The zero-order chi connectivity index (χ0) is 9.42. The van der Waals surface area contributed by atoms with E-state index >= 15 is 0 Å². The van der Waals surface area contributed by atoms with E-state index in [2.05, 4.69) is 29.3 Å². The summed E-state index contributed by atoms with van der Waals surface area (Å²) in [6, 6.07) is 8.06. The Balaban J connectivity index is 2.85. The van der Waals surface area contributed by atoms with Crippen LogP contribution in [0, 0.1) is 0 Å². The predicted octanol–water partition coefficient (Wildman–Crippen LogP) is 3.26. The Morgan fingerprint density at radius 2 is 2.23 bits per heavy atom. The smallest absolute Gasteiger partial charge is 0.0669 e. The topological polar surface area (TPSA) is 4.93 Å². The molecule has 0 aliphatic carbocycles. The second-order valence-electron chi connectivity index (χ2n) is 3.03. The first-order chi connectivity index (χ1) is 6.24. The van der Waals surface area contributed by atoms with Crippen molar-refractivity contribution in [2.24, 2.45) is 7.05 Å². The molecule has 0 atom stereocenters. The summed E-state index contributed by atoms with van der Waals surface area (Å²) in [5.74, 6) is 0.738. The van der Waals surface area contributed by atoms with Gasteiger partial charge in [-0.05, 0) is 12.1 Å². The summed E-state index contributed by atoms with van der Waals surface area (Å²) in [7, 11) is 2.01. The van der Waals surface area contributed by atoms with Gasteiger partial charge in [0.15, 0.2) is 0 Å².